The third-order valence-electron chi connectivity index (χ3n) is 4.05. The van der Waals surface area contributed by atoms with Crippen LogP contribution in [0.1, 0.15) is 43.6 Å². The first-order chi connectivity index (χ1) is 14.2. The third kappa shape index (κ3) is 9.99. The largest absolute Gasteiger partial charge is 0.489 e. The molecule has 8 heteroatoms. The molecule has 0 radical (unpaired) electrons. The van der Waals surface area contributed by atoms with Crippen molar-refractivity contribution in [3.8, 4) is 5.75 Å². The number of nitrogens with one attached hydrogen (secondary N) is 3. The molecule has 0 aliphatic heterocycles. The fourth-order valence-corrected chi connectivity index (χ4v) is 2.70. The molecule has 6 nitrogen and oxygen atoms in total. The van der Waals surface area contributed by atoms with E-state index in [4.69, 9.17) is 4.74 Å². The highest BCUT2D eigenvalue weighted by atomic mass is 127. The van der Waals surface area contributed by atoms with E-state index in [0.717, 1.165) is 5.56 Å². The molecule has 2 aromatic rings. The molecular formula is C23H32FIN4O2. The van der Waals surface area contributed by atoms with Crippen LogP contribution in [-0.2, 0) is 6.54 Å². The number of rotatable bonds is 7. The topological polar surface area (TPSA) is 74.8 Å². The SMILES string of the molecule is CN=C(NCc1cccc(C(=O)NC(C)(C)C)c1)NCC(C)Oc1cccc(F)c1.I. The van der Waals surface area contributed by atoms with Crippen LogP contribution in [0.5, 0.6) is 5.75 Å². The predicted molar refractivity (Wildman–Crippen MR) is 134 cm³/mol. The predicted octanol–water partition coefficient (Wildman–Crippen LogP) is 4.10. The van der Waals surface area contributed by atoms with Gasteiger partial charge in [0.1, 0.15) is 17.7 Å². The maximum Gasteiger partial charge on any atom is 0.251 e. The van der Waals surface area contributed by atoms with Crippen LogP contribution in [0.25, 0.3) is 0 Å². The monoisotopic (exact) mass is 542 g/mol. The Balaban J connectivity index is 0.00000480. The lowest BCUT2D eigenvalue weighted by atomic mass is 10.1. The van der Waals surface area contributed by atoms with E-state index in [1.54, 1.807) is 25.2 Å². The molecule has 1 amide bonds. The molecule has 2 aromatic carbocycles. The molecule has 0 saturated heterocycles. The smallest absolute Gasteiger partial charge is 0.251 e. The van der Waals surface area contributed by atoms with Crippen molar-refractivity contribution >= 4 is 35.8 Å². The number of amides is 1. The summed E-state index contributed by atoms with van der Waals surface area (Å²) in [5.74, 6) is 0.658. The first-order valence-electron chi connectivity index (χ1n) is 9.94. The maximum absolute atomic E-state index is 13.3. The van der Waals surface area contributed by atoms with Crippen molar-refractivity contribution in [2.24, 2.45) is 4.99 Å². The van der Waals surface area contributed by atoms with Crippen molar-refractivity contribution in [2.45, 2.75) is 45.9 Å². The van der Waals surface area contributed by atoms with E-state index in [2.05, 4.69) is 20.9 Å². The van der Waals surface area contributed by atoms with Crippen molar-refractivity contribution in [3.63, 3.8) is 0 Å². The second-order valence-electron chi connectivity index (χ2n) is 8.10. The third-order valence-corrected chi connectivity index (χ3v) is 4.05. The van der Waals surface area contributed by atoms with Crippen molar-refractivity contribution in [1.82, 2.24) is 16.0 Å². The number of halogens is 2. The maximum atomic E-state index is 13.3. The molecule has 1 atom stereocenters. The van der Waals surface area contributed by atoms with Gasteiger partial charge < -0.3 is 20.7 Å². The Bertz CT molecular complexity index is 884. The van der Waals surface area contributed by atoms with Crippen molar-refractivity contribution in [2.75, 3.05) is 13.6 Å². The second-order valence-corrected chi connectivity index (χ2v) is 8.10. The van der Waals surface area contributed by atoms with Gasteiger partial charge in [0.05, 0.1) is 6.54 Å². The van der Waals surface area contributed by atoms with Gasteiger partial charge in [-0.2, -0.15) is 0 Å². The van der Waals surface area contributed by atoms with Gasteiger partial charge in [-0.3, -0.25) is 9.79 Å². The van der Waals surface area contributed by atoms with Crippen LogP contribution < -0.4 is 20.7 Å². The van der Waals surface area contributed by atoms with E-state index in [0.29, 0.717) is 30.4 Å². The number of benzene rings is 2. The minimum atomic E-state index is -0.330. The Morgan fingerprint density at radius 3 is 2.48 bits per heavy atom. The molecule has 0 aliphatic rings. The molecule has 0 heterocycles. The highest BCUT2D eigenvalue weighted by Crippen LogP contribution is 2.13. The standard InChI is InChI=1S/C23H31FN4O2.HI/c1-16(30-20-11-7-10-19(24)13-20)14-26-22(25-5)27-15-17-8-6-9-18(12-17)21(29)28-23(2,3)4;/h6-13,16H,14-15H2,1-5H3,(H,28,29)(H2,25,26,27);1H. The van der Waals surface area contributed by atoms with Crippen molar-refractivity contribution in [1.29, 1.82) is 0 Å². The molecule has 2 rings (SSSR count). The van der Waals surface area contributed by atoms with Gasteiger partial charge in [0, 0.05) is 30.8 Å². The number of aliphatic imine (C=N–C) groups is 1. The van der Waals surface area contributed by atoms with Crippen LogP contribution in [0, 0.1) is 5.82 Å². The van der Waals surface area contributed by atoms with Gasteiger partial charge in [-0.05, 0) is 57.5 Å². The van der Waals surface area contributed by atoms with Crippen molar-refractivity contribution in [3.05, 3.63) is 65.5 Å². The summed E-state index contributed by atoms with van der Waals surface area (Å²) in [6.07, 6.45) is -0.185. The summed E-state index contributed by atoms with van der Waals surface area (Å²) < 4.78 is 19.0. The molecule has 0 aromatic heterocycles. The molecule has 3 N–H and O–H groups in total. The summed E-state index contributed by atoms with van der Waals surface area (Å²) in [5, 5.41) is 9.37. The summed E-state index contributed by atoms with van der Waals surface area (Å²) in [5.41, 5.74) is 1.29. The average molecular weight is 542 g/mol. The lowest BCUT2D eigenvalue weighted by Gasteiger charge is -2.20. The molecular weight excluding hydrogens is 510 g/mol. The Labute approximate surface area is 201 Å². The number of nitrogens with zero attached hydrogens (tertiary/aromatic N) is 1. The van der Waals surface area contributed by atoms with Crippen LogP contribution in [0.3, 0.4) is 0 Å². The number of guanidine groups is 1. The molecule has 31 heavy (non-hydrogen) atoms. The van der Waals surface area contributed by atoms with Gasteiger partial charge in [0.25, 0.3) is 5.91 Å². The zero-order chi connectivity index (χ0) is 22.1. The molecule has 1 unspecified atom stereocenters. The average Bonchev–Trinajstić information content (AvgIpc) is 2.67. The number of carbonyl (C=O) groups is 1. The molecule has 0 spiro atoms. The van der Waals surface area contributed by atoms with E-state index < -0.39 is 0 Å². The fourth-order valence-electron chi connectivity index (χ4n) is 2.70. The normalized spacial score (nSPS) is 12.4. The van der Waals surface area contributed by atoms with Crippen molar-refractivity contribution < 1.29 is 13.9 Å². The second kappa shape index (κ2) is 12.5. The Kier molecular flexibility index (Phi) is 10.7. The fraction of sp³-hybridized carbons (Fsp3) is 0.391. The van der Waals surface area contributed by atoms with Crippen LogP contribution >= 0.6 is 24.0 Å². The van der Waals surface area contributed by atoms with Gasteiger partial charge in [0.2, 0.25) is 0 Å². The molecule has 0 bridgehead atoms. The summed E-state index contributed by atoms with van der Waals surface area (Å²) in [6.45, 7) is 8.74. The number of carbonyl (C=O) groups excluding carboxylic acids is 1. The van der Waals surface area contributed by atoms with Gasteiger partial charge in [-0.1, -0.05) is 18.2 Å². The van der Waals surface area contributed by atoms with Crippen LogP contribution in [-0.4, -0.2) is 37.1 Å². The summed E-state index contributed by atoms with van der Waals surface area (Å²) in [6, 6.07) is 13.5. The van der Waals surface area contributed by atoms with E-state index >= 15 is 0 Å². The van der Waals surface area contributed by atoms with Crippen LogP contribution in [0.2, 0.25) is 0 Å². The van der Waals surface area contributed by atoms with Gasteiger partial charge in [0.15, 0.2) is 5.96 Å². The lowest BCUT2D eigenvalue weighted by Crippen LogP contribution is -2.41. The number of ether oxygens (including phenoxy) is 1. The number of hydrogen-bond acceptors (Lipinski definition) is 3. The molecule has 170 valence electrons. The van der Waals surface area contributed by atoms with Gasteiger partial charge in [-0.15, -0.1) is 24.0 Å². The summed E-state index contributed by atoms with van der Waals surface area (Å²) in [4.78, 5) is 16.6. The van der Waals surface area contributed by atoms with Gasteiger partial charge in [-0.25, -0.2) is 4.39 Å². The van der Waals surface area contributed by atoms with Crippen LogP contribution in [0.15, 0.2) is 53.5 Å². The quantitative estimate of drug-likeness (QED) is 0.280. The van der Waals surface area contributed by atoms with E-state index in [9.17, 15) is 9.18 Å². The van der Waals surface area contributed by atoms with E-state index in [-0.39, 0.29) is 47.3 Å². The minimum Gasteiger partial charge on any atom is -0.489 e. The molecule has 0 saturated carbocycles. The first kappa shape index (κ1) is 26.7. The Morgan fingerprint density at radius 2 is 1.84 bits per heavy atom. The highest BCUT2D eigenvalue weighted by Gasteiger charge is 2.15. The number of hydrogen-bond donors (Lipinski definition) is 3. The van der Waals surface area contributed by atoms with Crippen LogP contribution in [0.4, 0.5) is 4.39 Å². The Hall–Kier alpha value is -2.36. The molecule has 0 fully saturated rings. The lowest BCUT2D eigenvalue weighted by molar-refractivity contribution is 0.0919. The zero-order valence-corrected chi connectivity index (χ0v) is 21.0. The van der Waals surface area contributed by atoms with E-state index in [1.165, 1.54) is 12.1 Å². The van der Waals surface area contributed by atoms with Gasteiger partial charge >= 0.3 is 0 Å². The summed E-state index contributed by atoms with van der Waals surface area (Å²) >= 11 is 0. The minimum absolute atomic E-state index is 0. The zero-order valence-electron chi connectivity index (χ0n) is 18.7. The molecule has 0 aliphatic carbocycles. The first-order valence-corrected chi connectivity index (χ1v) is 9.94. The highest BCUT2D eigenvalue weighted by molar-refractivity contribution is 14.0. The summed E-state index contributed by atoms with van der Waals surface area (Å²) in [7, 11) is 1.68. The Morgan fingerprint density at radius 1 is 1.13 bits per heavy atom. The van der Waals surface area contributed by atoms with E-state index in [1.807, 2.05) is 45.9 Å².